The zero-order valence-corrected chi connectivity index (χ0v) is 9.58. The molecule has 1 unspecified atom stereocenters. The van der Waals surface area contributed by atoms with E-state index >= 15 is 0 Å². The monoisotopic (exact) mass is 198 g/mol. The average molecular weight is 198 g/mol. The van der Waals surface area contributed by atoms with Crippen LogP contribution in [-0.2, 0) is 9.53 Å². The van der Waals surface area contributed by atoms with Gasteiger partial charge in [-0.25, -0.2) is 0 Å². The largest absolute Gasteiger partial charge is 0.461 e. The smallest absolute Gasteiger partial charge is 0.309 e. The van der Waals surface area contributed by atoms with E-state index in [1.807, 2.05) is 0 Å². The minimum atomic E-state index is -0.0756. The van der Waals surface area contributed by atoms with E-state index in [0.29, 0.717) is 12.5 Å². The van der Waals surface area contributed by atoms with Gasteiger partial charge < -0.3 is 4.74 Å². The zero-order valence-electron chi connectivity index (χ0n) is 9.58. The lowest BCUT2D eigenvalue weighted by Crippen LogP contribution is -2.22. The fourth-order valence-corrected chi connectivity index (χ4v) is 1.40. The SMILES string of the molecule is C=CCOC(=O)C(CCCC)C(C)C. The van der Waals surface area contributed by atoms with E-state index in [0.717, 1.165) is 19.3 Å². The summed E-state index contributed by atoms with van der Waals surface area (Å²) in [6.07, 6.45) is 4.75. The fourth-order valence-electron chi connectivity index (χ4n) is 1.40. The van der Waals surface area contributed by atoms with Gasteiger partial charge in [0, 0.05) is 0 Å². The molecule has 2 nitrogen and oxygen atoms in total. The lowest BCUT2D eigenvalue weighted by Gasteiger charge is -2.18. The van der Waals surface area contributed by atoms with Crippen molar-refractivity contribution in [2.45, 2.75) is 40.0 Å². The Morgan fingerprint density at radius 3 is 2.57 bits per heavy atom. The van der Waals surface area contributed by atoms with Crippen LogP contribution in [0.3, 0.4) is 0 Å². The summed E-state index contributed by atoms with van der Waals surface area (Å²) in [5, 5.41) is 0. The average Bonchev–Trinajstić information content (AvgIpc) is 2.14. The lowest BCUT2D eigenvalue weighted by molar-refractivity contribution is -0.149. The van der Waals surface area contributed by atoms with E-state index in [1.165, 1.54) is 0 Å². The first-order valence-electron chi connectivity index (χ1n) is 5.41. The molecular weight excluding hydrogens is 176 g/mol. The molecule has 0 rings (SSSR count). The molecular formula is C12H22O2. The van der Waals surface area contributed by atoms with E-state index in [-0.39, 0.29) is 11.9 Å². The van der Waals surface area contributed by atoms with Gasteiger partial charge in [0.2, 0.25) is 0 Å². The van der Waals surface area contributed by atoms with Crippen LogP contribution in [0.1, 0.15) is 40.0 Å². The molecule has 0 heterocycles. The Morgan fingerprint density at radius 2 is 2.14 bits per heavy atom. The molecule has 0 aromatic heterocycles. The number of carbonyl (C=O) groups is 1. The second-order valence-corrected chi connectivity index (χ2v) is 3.91. The van der Waals surface area contributed by atoms with Gasteiger partial charge >= 0.3 is 5.97 Å². The summed E-state index contributed by atoms with van der Waals surface area (Å²) in [5.41, 5.74) is 0. The second kappa shape index (κ2) is 7.60. The summed E-state index contributed by atoms with van der Waals surface area (Å²) in [6.45, 7) is 10.1. The third-order valence-electron chi connectivity index (χ3n) is 2.32. The Labute approximate surface area is 87.3 Å². The van der Waals surface area contributed by atoms with Crippen molar-refractivity contribution in [1.82, 2.24) is 0 Å². The highest BCUT2D eigenvalue weighted by molar-refractivity contribution is 5.72. The molecule has 0 aliphatic rings. The number of carbonyl (C=O) groups excluding carboxylic acids is 1. The van der Waals surface area contributed by atoms with Crippen LogP contribution in [0.25, 0.3) is 0 Å². The minimum absolute atomic E-state index is 0.0508. The van der Waals surface area contributed by atoms with E-state index in [9.17, 15) is 4.79 Å². The fraction of sp³-hybridized carbons (Fsp3) is 0.750. The van der Waals surface area contributed by atoms with E-state index in [2.05, 4.69) is 27.4 Å². The molecule has 0 saturated carbocycles. The number of rotatable bonds is 7. The van der Waals surface area contributed by atoms with E-state index < -0.39 is 0 Å². The number of ether oxygens (including phenoxy) is 1. The maximum Gasteiger partial charge on any atom is 0.309 e. The van der Waals surface area contributed by atoms with Gasteiger partial charge in [-0.15, -0.1) is 0 Å². The molecule has 0 saturated heterocycles. The van der Waals surface area contributed by atoms with Crippen molar-refractivity contribution in [3.05, 3.63) is 12.7 Å². The predicted octanol–water partition coefficient (Wildman–Crippen LogP) is 3.18. The van der Waals surface area contributed by atoms with Crippen molar-refractivity contribution >= 4 is 5.97 Å². The van der Waals surface area contributed by atoms with Gasteiger partial charge in [-0.2, -0.15) is 0 Å². The van der Waals surface area contributed by atoms with Crippen LogP contribution < -0.4 is 0 Å². The van der Waals surface area contributed by atoms with Crippen molar-refractivity contribution in [3.8, 4) is 0 Å². The molecule has 0 aliphatic carbocycles. The molecule has 0 radical (unpaired) electrons. The standard InChI is InChI=1S/C12H22O2/c1-5-7-8-11(10(3)4)12(13)14-9-6-2/h6,10-11H,2,5,7-9H2,1,3-4H3. The maximum atomic E-state index is 11.6. The van der Waals surface area contributed by atoms with Crippen LogP contribution in [0, 0.1) is 11.8 Å². The Hall–Kier alpha value is -0.790. The first-order chi connectivity index (χ1) is 6.63. The van der Waals surface area contributed by atoms with E-state index in [4.69, 9.17) is 4.74 Å². The molecule has 0 fully saturated rings. The molecule has 0 spiro atoms. The van der Waals surface area contributed by atoms with Crippen LogP contribution in [0.2, 0.25) is 0 Å². The maximum absolute atomic E-state index is 11.6. The molecule has 82 valence electrons. The molecule has 0 amide bonds. The molecule has 0 aromatic carbocycles. The van der Waals surface area contributed by atoms with Crippen LogP contribution >= 0.6 is 0 Å². The van der Waals surface area contributed by atoms with Crippen LogP contribution in [-0.4, -0.2) is 12.6 Å². The van der Waals surface area contributed by atoms with Gasteiger partial charge in [-0.3, -0.25) is 4.79 Å². The molecule has 2 heteroatoms. The first-order valence-corrected chi connectivity index (χ1v) is 5.41. The minimum Gasteiger partial charge on any atom is -0.461 e. The molecule has 0 aromatic rings. The summed E-state index contributed by atoms with van der Waals surface area (Å²) in [6, 6.07) is 0. The van der Waals surface area contributed by atoms with Crippen molar-refractivity contribution in [1.29, 1.82) is 0 Å². The summed E-state index contributed by atoms with van der Waals surface area (Å²) < 4.78 is 5.05. The second-order valence-electron chi connectivity index (χ2n) is 3.91. The molecule has 0 aliphatic heterocycles. The molecule has 0 bridgehead atoms. The molecule has 0 N–H and O–H groups in total. The van der Waals surface area contributed by atoms with E-state index in [1.54, 1.807) is 6.08 Å². The van der Waals surface area contributed by atoms with Crippen LogP contribution in [0.15, 0.2) is 12.7 Å². The lowest BCUT2D eigenvalue weighted by atomic mass is 9.91. The highest BCUT2D eigenvalue weighted by Gasteiger charge is 2.22. The zero-order chi connectivity index (χ0) is 11.0. The topological polar surface area (TPSA) is 26.3 Å². The Kier molecular flexibility index (Phi) is 7.17. The summed E-state index contributed by atoms with van der Waals surface area (Å²) in [4.78, 5) is 11.6. The Bertz CT molecular complexity index is 173. The van der Waals surface area contributed by atoms with Crippen molar-refractivity contribution in [2.24, 2.45) is 11.8 Å². The summed E-state index contributed by atoms with van der Waals surface area (Å²) in [7, 11) is 0. The van der Waals surface area contributed by atoms with Gasteiger partial charge in [0.1, 0.15) is 6.61 Å². The third kappa shape index (κ3) is 5.05. The van der Waals surface area contributed by atoms with Crippen molar-refractivity contribution in [3.63, 3.8) is 0 Å². The van der Waals surface area contributed by atoms with Gasteiger partial charge in [0.15, 0.2) is 0 Å². The number of hydrogen-bond acceptors (Lipinski definition) is 2. The Morgan fingerprint density at radius 1 is 1.50 bits per heavy atom. The first kappa shape index (κ1) is 13.2. The van der Waals surface area contributed by atoms with Crippen molar-refractivity contribution < 1.29 is 9.53 Å². The highest BCUT2D eigenvalue weighted by Crippen LogP contribution is 2.19. The van der Waals surface area contributed by atoms with Crippen LogP contribution in [0.5, 0.6) is 0 Å². The third-order valence-corrected chi connectivity index (χ3v) is 2.32. The summed E-state index contributed by atoms with van der Waals surface area (Å²) in [5.74, 6) is 0.335. The summed E-state index contributed by atoms with van der Waals surface area (Å²) >= 11 is 0. The highest BCUT2D eigenvalue weighted by atomic mass is 16.5. The van der Waals surface area contributed by atoms with Gasteiger partial charge in [0.25, 0.3) is 0 Å². The van der Waals surface area contributed by atoms with Gasteiger partial charge in [-0.1, -0.05) is 46.3 Å². The van der Waals surface area contributed by atoms with Crippen LogP contribution in [0.4, 0.5) is 0 Å². The molecule has 1 atom stereocenters. The Balaban J connectivity index is 4.04. The predicted molar refractivity (Wildman–Crippen MR) is 59.0 cm³/mol. The quantitative estimate of drug-likeness (QED) is 0.464. The van der Waals surface area contributed by atoms with Gasteiger partial charge in [0.05, 0.1) is 5.92 Å². The van der Waals surface area contributed by atoms with Gasteiger partial charge in [-0.05, 0) is 12.3 Å². The number of unbranched alkanes of at least 4 members (excludes halogenated alkanes) is 1. The molecule has 14 heavy (non-hydrogen) atoms. The number of hydrogen-bond donors (Lipinski definition) is 0. The normalized spacial score (nSPS) is 12.6. The number of esters is 1. The van der Waals surface area contributed by atoms with Crippen molar-refractivity contribution in [2.75, 3.05) is 6.61 Å².